The van der Waals surface area contributed by atoms with E-state index < -0.39 is 29.4 Å². The maximum absolute atomic E-state index is 13.1. The average molecular weight is 845 g/mol. The third kappa shape index (κ3) is 35.5. The van der Waals surface area contributed by atoms with Gasteiger partial charge in [0, 0.05) is 6.42 Å². The molecule has 0 spiro atoms. The summed E-state index contributed by atoms with van der Waals surface area (Å²) in [6.07, 6.45) is 53.3. The maximum atomic E-state index is 13.1. The van der Waals surface area contributed by atoms with Crippen LogP contribution in [0.15, 0.2) is 24.3 Å². The van der Waals surface area contributed by atoms with E-state index in [0.717, 1.165) is 96.3 Å². The number of carboxylic acid groups (broad SMARTS) is 2. The molecule has 1 unspecified atom stereocenters. The highest BCUT2D eigenvalue weighted by Gasteiger charge is 2.51. The van der Waals surface area contributed by atoms with Crippen molar-refractivity contribution in [1.29, 1.82) is 0 Å². The van der Waals surface area contributed by atoms with Gasteiger partial charge in [0.2, 0.25) is 6.10 Å². The SMILES string of the molecule is CCCCCCCC/C=C\CCCCCCCCC(CCCCCCCC/C=C\CCCCCCCC)(C(=O)O)C(OC(=O)CCCCCCCCCCCCC)C(=O)O. The monoisotopic (exact) mass is 845 g/mol. The van der Waals surface area contributed by atoms with Crippen LogP contribution in [0.3, 0.4) is 0 Å². The second kappa shape index (κ2) is 44.9. The molecule has 6 heteroatoms. The molecular formula is C54H100O6. The summed E-state index contributed by atoms with van der Waals surface area (Å²) < 4.78 is 5.66. The molecule has 0 aliphatic carbocycles. The number of hydrogen-bond donors (Lipinski definition) is 2. The van der Waals surface area contributed by atoms with Crippen molar-refractivity contribution in [2.75, 3.05) is 0 Å². The Labute approximate surface area is 372 Å². The van der Waals surface area contributed by atoms with Gasteiger partial charge in [0.05, 0.1) is 0 Å². The molecule has 60 heavy (non-hydrogen) atoms. The Morgan fingerprint density at radius 1 is 0.400 bits per heavy atom. The first-order valence-electron chi connectivity index (χ1n) is 26.3. The molecule has 0 saturated heterocycles. The van der Waals surface area contributed by atoms with E-state index in [1.54, 1.807) is 0 Å². The number of allylic oxidation sites excluding steroid dienone is 4. The Kier molecular flexibility index (Phi) is 43.4. The summed E-state index contributed by atoms with van der Waals surface area (Å²) in [5.74, 6) is -3.05. The summed E-state index contributed by atoms with van der Waals surface area (Å²) in [5.41, 5.74) is -1.61. The first kappa shape index (κ1) is 57.9. The van der Waals surface area contributed by atoms with E-state index in [1.807, 2.05) is 0 Å². The van der Waals surface area contributed by atoms with Crippen LogP contribution in [0.1, 0.15) is 290 Å². The molecule has 1 atom stereocenters. The topological polar surface area (TPSA) is 101 Å². The van der Waals surface area contributed by atoms with Crippen LogP contribution in [0, 0.1) is 5.41 Å². The van der Waals surface area contributed by atoms with Crippen molar-refractivity contribution in [3.63, 3.8) is 0 Å². The minimum Gasteiger partial charge on any atom is -0.481 e. The fourth-order valence-electron chi connectivity index (χ4n) is 8.61. The molecule has 0 aliphatic heterocycles. The van der Waals surface area contributed by atoms with Gasteiger partial charge in [-0.1, -0.05) is 238 Å². The van der Waals surface area contributed by atoms with Crippen molar-refractivity contribution >= 4 is 17.9 Å². The van der Waals surface area contributed by atoms with Crippen LogP contribution in [0.25, 0.3) is 0 Å². The second-order valence-electron chi connectivity index (χ2n) is 18.3. The third-order valence-electron chi connectivity index (χ3n) is 12.7. The zero-order valence-electron chi connectivity index (χ0n) is 40.1. The smallest absolute Gasteiger partial charge is 0.346 e. The number of ether oxygens (including phenoxy) is 1. The fourth-order valence-corrected chi connectivity index (χ4v) is 8.61. The molecule has 0 amide bonds. The first-order valence-corrected chi connectivity index (χ1v) is 26.3. The van der Waals surface area contributed by atoms with Crippen LogP contribution in [0.2, 0.25) is 0 Å². The lowest BCUT2D eigenvalue weighted by atomic mass is 9.73. The number of unbranched alkanes of at least 4 members (excludes halogenated alkanes) is 34. The van der Waals surface area contributed by atoms with Crippen LogP contribution >= 0.6 is 0 Å². The van der Waals surface area contributed by atoms with Gasteiger partial charge >= 0.3 is 17.9 Å². The van der Waals surface area contributed by atoms with E-state index in [0.29, 0.717) is 19.3 Å². The van der Waals surface area contributed by atoms with Gasteiger partial charge in [-0.25, -0.2) is 4.79 Å². The first-order chi connectivity index (χ1) is 29.4. The standard InChI is InChI=1S/C54H100O6/c1-4-7-10-13-16-19-22-24-26-28-30-33-36-39-42-45-48-54(53(58)59,49-46-43-40-37-34-31-29-27-25-23-20-17-14-11-8-5-2)51(52(56)57)60-50(55)47-44-41-38-35-32-21-18-15-12-9-6-3/h24-27,51H,4-23,28-49H2,1-3H3,(H,56,57)(H,58,59)/b26-24-,27-25-. The molecule has 0 saturated carbocycles. The van der Waals surface area contributed by atoms with Crippen molar-refractivity contribution in [3.05, 3.63) is 24.3 Å². The summed E-state index contributed by atoms with van der Waals surface area (Å²) in [6.45, 7) is 6.75. The van der Waals surface area contributed by atoms with Crippen molar-refractivity contribution in [1.82, 2.24) is 0 Å². The summed E-state index contributed by atoms with van der Waals surface area (Å²) in [4.78, 5) is 38.9. The van der Waals surface area contributed by atoms with Crippen molar-refractivity contribution in [2.24, 2.45) is 5.41 Å². The summed E-state index contributed by atoms with van der Waals surface area (Å²) >= 11 is 0. The van der Waals surface area contributed by atoms with Gasteiger partial charge in [-0.2, -0.15) is 0 Å². The van der Waals surface area contributed by atoms with Crippen LogP contribution < -0.4 is 0 Å². The molecule has 0 aromatic heterocycles. The quantitative estimate of drug-likeness (QED) is 0.0359. The number of esters is 1. The van der Waals surface area contributed by atoms with E-state index in [1.165, 1.54) is 135 Å². The number of carbonyl (C=O) groups excluding carboxylic acids is 1. The minimum atomic E-state index is -1.67. The van der Waals surface area contributed by atoms with E-state index in [4.69, 9.17) is 4.74 Å². The zero-order chi connectivity index (χ0) is 44.0. The molecule has 0 bridgehead atoms. The molecule has 0 aliphatic rings. The van der Waals surface area contributed by atoms with Gasteiger partial charge in [-0.15, -0.1) is 0 Å². The van der Waals surface area contributed by atoms with Gasteiger partial charge in [0.15, 0.2) is 0 Å². The molecule has 0 aromatic rings. The Morgan fingerprint density at radius 2 is 0.667 bits per heavy atom. The molecule has 0 radical (unpaired) electrons. The molecule has 0 aromatic carbocycles. The maximum Gasteiger partial charge on any atom is 0.346 e. The number of carboxylic acids is 2. The predicted octanol–water partition coefficient (Wildman–Crippen LogP) is 17.6. The molecule has 0 rings (SSSR count). The van der Waals surface area contributed by atoms with E-state index >= 15 is 0 Å². The number of hydrogen-bond acceptors (Lipinski definition) is 4. The molecule has 352 valence electrons. The zero-order valence-corrected chi connectivity index (χ0v) is 40.1. The fraction of sp³-hybridized carbons (Fsp3) is 0.870. The number of carbonyl (C=O) groups is 3. The van der Waals surface area contributed by atoms with Crippen molar-refractivity contribution < 1.29 is 29.3 Å². The van der Waals surface area contributed by atoms with Gasteiger partial charge in [-0.3, -0.25) is 9.59 Å². The normalized spacial score (nSPS) is 12.5. The third-order valence-corrected chi connectivity index (χ3v) is 12.7. The van der Waals surface area contributed by atoms with Gasteiger partial charge < -0.3 is 14.9 Å². The Balaban J connectivity index is 4.93. The van der Waals surface area contributed by atoms with Crippen LogP contribution in [-0.2, 0) is 19.1 Å². The van der Waals surface area contributed by atoms with Crippen molar-refractivity contribution in [2.45, 2.75) is 297 Å². The summed E-state index contributed by atoms with van der Waals surface area (Å²) in [6, 6.07) is 0. The van der Waals surface area contributed by atoms with Gasteiger partial charge in [0.1, 0.15) is 5.41 Å². The highest BCUT2D eigenvalue weighted by atomic mass is 16.6. The van der Waals surface area contributed by atoms with Crippen LogP contribution in [-0.4, -0.2) is 34.2 Å². The van der Waals surface area contributed by atoms with Crippen LogP contribution in [0.4, 0.5) is 0 Å². The predicted molar refractivity (Wildman–Crippen MR) is 257 cm³/mol. The minimum absolute atomic E-state index is 0.138. The second-order valence-corrected chi connectivity index (χ2v) is 18.3. The average Bonchev–Trinajstić information content (AvgIpc) is 3.23. The van der Waals surface area contributed by atoms with E-state index in [9.17, 15) is 24.6 Å². The summed E-state index contributed by atoms with van der Waals surface area (Å²) in [5, 5.41) is 21.1. The molecule has 2 N–H and O–H groups in total. The largest absolute Gasteiger partial charge is 0.481 e. The van der Waals surface area contributed by atoms with Gasteiger partial charge in [-0.05, 0) is 70.6 Å². The Hall–Kier alpha value is -2.11. The Bertz CT molecular complexity index is 976. The number of rotatable bonds is 48. The van der Waals surface area contributed by atoms with Crippen molar-refractivity contribution in [3.8, 4) is 0 Å². The van der Waals surface area contributed by atoms with Crippen LogP contribution in [0.5, 0.6) is 0 Å². The highest BCUT2D eigenvalue weighted by molar-refractivity contribution is 5.87. The molecule has 0 fully saturated rings. The van der Waals surface area contributed by atoms with E-state index in [-0.39, 0.29) is 19.3 Å². The Morgan fingerprint density at radius 3 is 0.950 bits per heavy atom. The molecular weight excluding hydrogens is 745 g/mol. The van der Waals surface area contributed by atoms with E-state index in [2.05, 4.69) is 45.1 Å². The summed E-state index contributed by atoms with van der Waals surface area (Å²) in [7, 11) is 0. The van der Waals surface area contributed by atoms with Gasteiger partial charge in [0.25, 0.3) is 0 Å². The molecule has 0 heterocycles. The molecule has 6 nitrogen and oxygen atoms in total. The highest BCUT2D eigenvalue weighted by Crippen LogP contribution is 2.38. The lowest BCUT2D eigenvalue weighted by Crippen LogP contribution is -2.49. The lowest BCUT2D eigenvalue weighted by Gasteiger charge is -2.34. The number of aliphatic carboxylic acids is 2. The lowest BCUT2D eigenvalue weighted by molar-refractivity contribution is -0.184.